The van der Waals surface area contributed by atoms with Crippen LogP contribution >= 0.6 is 0 Å². The van der Waals surface area contributed by atoms with E-state index in [1.807, 2.05) is 6.07 Å². The maximum absolute atomic E-state index is 13.4. The largest absolute Gasteiger partial charge is 0.373 e. The molecule has 1 aliphatic heterocycles. The highest BCUT2D eigenvalue weighted by molar-refractivity contribution is 5.24. The first kappa shape index (κ1) is 13.5. The van der Waals surface area contributed by atoms with Crippen molar-refractivity contribution in [3.63, 3.8) is 0 Å². The molecule has 0 amide bonds. The van der Waals surface area contributed by atoms with E-state index in [-0.39, 0.29) is 11.4 Å². The molecule has 2 rings (SSSR count). The molecule has 1 aromatic carbocycles. The van der Waals surface area contributed by atoms with Gasteiger partial charge in [0.05, 0.1) is 12.2 Å². The predicted octanol–water partition coefficient (Wildman–Crippen LogP) is 1.90. The topological polar surface area (TPSA) is 38.5 Å². The van der Waals surface area contributed by atoms with Gasteiger partial charge in [-0.15, -0.1) is 0 Å². The van der Waals surface area contributed by atoms with E-state index in [1.54, 1.807) is 6.07 Å². The van der Waals surface area contributed by atoms with Crippen LogP contribution in [0.3, 0.4) is 0 Å². The molecule has 0 unspecified atom stereocenters. The van der Waals surface area contributed by atoms with Crippen LogP contribution in [0.25, 0.3) is 0 Å². The Morgan fingerprint density at radius 3 is 2.72 bits per heavy atom. The van der Waals surface area contributed by atoms with Crippen LogP contribution < -0.4 is 5.73 Å². The normalized spacial score (nSPS) is 20.0. The third kappa shape index (κ3) is 3.51. The van der Waals surface area contributed by atoms with E-state index in [0.29, 0.717) is 6.54 Å². The summed E-state index contributed by atoms with van der Waals surface area (Å²) in [6.45, 7) is 7.76. The number of rotatable bonds is 3. The van der Waals surface area contributed by atoms with Crippen molar-refractivity contribution in [1.29, 1.82) is 0 Å². The highest BCUT2D eigenvalue weighted by Gasteiger charge is 2.27. The molecule has 1 aromatic rings. The van der Waals surface area contributed by atoms with Gasteiger partial charge in [0.25, 0.3) is 0 Å². The minimum absolute atomic E-state index is 0.123. The third-order valence-electron chi connectivity index (χ3n) is 3.16. The summed E-state index contributed by atoms with van der Waals surface area (Å²) >= 11 is 0. The number of halogens is 1. The lowest BCUT2D eigenvalue weighted by Crippen LogP contribution is -2.47. The quantitative estimate of drug-likeness (QED) is 0.893. The molecule has 0 aromatic heterocycles. The molecule has 0 radical (unpaired) electrons. The van der Waals surface area contributed by atoms with E-state index in [2.05, 4.69) is 18.7 Å². The zero-order valence-electron chi connectivity index (χ0n) is 11.1. The van der Waals surface area contributed by atoms with Crippen molar-refractivity contribution in [1.82, 2.24) is 4.90 Å². The van der Waals surface area contributed by atoms with Crippen LogP contribution in [0.2, 0.25) is 0 Å². The van der Waals surface area contributed by atoms with Crippen molar-refractivity contribution in [2.75, 3.05) is 19.7 Å². The van der Waals surface area contributed by atoms with Crippen LogP contribution in [0, 0.1) is 5.82 Å². The van der Waals surface area contributed by atoms with E-state index in [0.717, 1.165) is 37.4 Å². The molecule has 4 heteroatoms. The summed E-state index contributed by atoms with van der Waals surface area (Å²) in [5, 5.41) is 0. The maximum Gasteiger partial charge on any atom is 0.123 e. The fourth-order valence-corrected chi connectivity index (χ4v) is 2.43. The summed E-state index contributed by atoms with van der Waals surface area (Å²) in [5.74, 6) is -0.208. The van der Waals surface area contributed by atoms with Crippen molar-refractivity contribution in [2.45, 2.75) is 32.5 Å². The van der Waals surface area contributed by atoms with Gasteiger partial charge >= 0.3 is 0 Å². The van der Waals surface area contributed by atoms with Crippen molar-refractivity contribution >= 4 is 0 Å². The Labute approximate surface area is 108 Å². The van der Waals surface area contributed by atoms with Gasteiger partial charge in [-0.3, -0.25) is 4.90 Å². The first-order valence-electron chi connectivity index (χ1n) is 6.33. The molecule has 3 nitrogen and oxygen atoms in total. The molecule has 1 heterocycles. The summed E-state index contributed by atoms with van der Waals surface area (Å²) in [6, 6.07) is 5.06. The molecule has 1 saturated heterocycles. The van der Waals surface area contributed by atoms with E-state index >= 15 is 0 Å². The Hall–Kier alpha value is -0.970. The number of ether oxygens (including phenoxy) is 1. The second-order valence-corrected chi connectivity index (χ2v) is 5.49. The number of nitrogens with zero attached hydrogens (tertiary/aromatic N) is 1. The number of nitrogens with two attached hydrogens (primary N) is 1. The van der Waals surface area contributed by atoms with Gasteiger partial charge < -0.3 is 10.5 Å². The molecule has 0 bridgehead atoms. The van der Waals surface area contributed by atoms with Gasteiger partial charge in [-0.25, -0.2) is 4.39 Å². The molecule has 0 saturated carbocycles. The van der Waals surface area contributed by atoms with Gasteiger partial charge in [0.15, 0.2) is 0 Å². The maximum atomic E-state index is 13.4. The SMILES string of the molecule is CC1(C)CN(Cc2cc(F)cc(CN)c2)CCO1. The smallest absolute Gasteiger partial charge is 0.123 e. The first-order valence-corrected chi connectivity index (χ1v) is 6.33. The Bertz CT molecular complexity index is 420. The van der Waals surface area contributed by atoms with E-state index < -0.39 is 0 Å². The van der Waals surface area contributed by atoms with Gasteiger partial charge in [0.2, 0.25) is 0 Å². The number of benzene rings is 1. The minimum Gasteiger partial charge on any atom is -0.373 e. The molecular formula is C14H21FN2O. The lowest BCUT2D eigenvalue weighted by atomic mass is 10.1. The van der Waals surface area contributed by atoms with Crippen LogP contribution in [0.15, 0.2) is 18.2 Å². The molecule has 0 atom stereocenters. The molecule has 0 spiro atoms. The summed E-state index contributed by atoms with van der Waals surface area (Å²) < 4.78 is 19.1. The third-order valence-corrected chi connectivity index (χ3v) is 3.16. The van der Waals surface area contributed by atoms with Crippen molar-refractivity contribution in [3.05, 3.63) is 35.1 Å². The monoisotopic (exact) mass is 252 g/mol. The predicted molar refractivity (Wildman–Crippen MR) is 69.6 cm³/mol. The second-order valence-electron chi connectivity index (χ2n) is 5.49. The molecule has 18 heavy (non-hydrogen) atoms. The summed E-state index contributed by atoms with van der Waals surface area (Å²) in [4.78, 5) is 2.29. The minimum atomic E-state index is -0.208. The Morgan fingerprint density at radius 2 is 2.06 bits per heavy atom. The molecule has 0 aliphatic carbocycles. The highest BCUT2D eigenvalue weighted by Crippen LogP contribution is 2.19. The average Bonchev–Trinajstić information content (AvgIpc) is 2.26. The van der Waals surface area contributed by atoms with Crippen LogP contribution in [0.1, 0.15) is 25.0 Å². The second kappa shape index (κ2) is 5.34. The summed E-state index contributed by atoms with van der Waals surface area (Å²) in [5.41, 5.74) is 7.27. The highest BCUT2D eigenvalue weighted by atomic mass is 19.1. The summed E-state index contributed by atoms with van der Waals surface area (Å²) in [6.07, 6.45) is 0. The van der Waals surface area contributed by atoms with E-state index in [1.165, 1.54) is 6.07 Å². The molecule has 1 aliphatic rings. The Morgan fingerprint density at radius 1 is 1.33 bits per heavy atom. The standard InChI is InChI=1S/C14H21FN2O/c1-14(2)10-17(3-4-18-14)9-12-5-11(8-16)6-13(15)7-12/h5-7H,3-4,8-10,16H2,1-2H3. The van der Waals surface area contributed by atoms with Gasteiger partial charge in [0, 0.05) is 26.2 Å². The molecule has 100 valence electrons. The lowest BCUT2D eigenvalue weighted by Gasteiger charge is -2.38. The van der Waals surface area contributed by atoms with E-state index in [4.69, 9.17) is 10.5 Å². The fraction of sp³-hybridized carbons (Fsp3) is 0.571. The number of hydrogen-bond donors (Lipinski definition) is 1. The Balaban J connectivity index is 2.07. The van der Waals surface area contributed by atoms with Crippen LogP contribution in [0.4, 0.5) is 4.39 Å². The van der Waals surface area contributed by atoms with Crippen molar-refractivity contribution in [2.24, 2.45) is 5.73 Å². The Kier molecular flexibility index (Phi) is 4.00. The lowest BCUT2D eigenvalue weighted by molar-refractivity contribution is -0.0882. The average molecular weight is 252 g/mol. The zero-order valence-corrected chi connectivity index (χ0v) is 11.1. The summed E-state index contributed by atoms with van der Waals surface area (Å²) in [7, 11) is 0. The molecule has 2 N–H and O–H groups in total. The van der Waals surface area contributed by atoms with Crippen LogP contribution in [-0.4, -0.2) is 30.2 Å². The van der Waals surface area contributed by atoms with Crippen molar-refractivity contribution < 1.29 is 9.13 Å². The number of morpholine rings is 1. The molecular weight excluding hydrogens is 231 g/mol. The van der Waals surface area contributed by atoms with Gasteiger partial charge in [-0.1, -0.05) is 6.07 Å². The van der Waals surface area contributed by atoms with Crippen LogP contribution in [0.5, 0.6) is 0 Å². The van der Waals surface area contributed by atoms with E-state index in [9.17, 15) is 4.39 Å². The number of hydrogen-bond acceptors (Lipinski definition) is 3. The molecule has 1 fully saturated rings. The van der Waals surface area contributed by atoms with Gasteiger partial charge in [-0.05, 0) is 37.1 Å². The van der Waals surface area contributed by atoms with Crippen LogP contribution in [-0.2, 0) is 17.8 Å². The van der Waals surface area contributed by atoms with Gasteiger partial charge in [-0.2, -0.15) is 0 Å². The van der Waals surface area contributed by atoms with Crippen molar-refractivity contribution in [3.8, 4) is 0 Å². The van der Waals surface area contributed by atoms with Gasteiger partial charge in [0.1, 0.15) is 5.82 Å². The first-order chi connectivity index (χ1) is 8.48. The zero-order chi connectivity index (χ0) is 13.2. The fourth-order valence-electron chi connectivity index (χ4n) is 2.43.